The number of H-pyrrole nitrogens is 1. The van der Waals surface area contributed by atoms with Crippen molar-refractivity contribution in [2.75, 3.05) is 0 Å². The van der Waals surface area contributed by atoms with Crippen LogP contribution in [0, 0.1) is 0 Å². The van der Waals surface area contributed by atoms with Gasteiger partial charge >= 0.3 is 0 Å². The van der Waals surface area contributed by atoms with Crippen molar-refractivity contribution in [2.45, 2.75) is 0 Å². The van der Waals surface area contributed by atoms with E-state index in [-0.39, 0.29) is 5.56 Å². The molecule has 0 aliphatic carbocycles. The van der Waals surface area contributed by atoms with Gasteiger partial charge in [0, 0.05) is 5.56 Å². The topological polar surface area (TPSA) is 81.7 Å². The van der Waals surface area contributed by atoms with Crippen LogP contribution in [0.1, 0.15) is 10.4 Å². The number of carbonyl (C=O) groups is 1. The summed E-state index contributed by atoms with van der Waals surface area (Å²) in [6.07, 6.45) is 1.36. The van der Waals surface area contributed by atoms with Crippen molar-refractivity contribution in [1.29, 1.82) is 0 Å². The van der Waals surface area contributed by atoms with Gasteiger partial charge in [-0.2, -0.15) is 5.10 Å². The van der Waals surface area contributed by atoms with Gasteiger partial charge in [-0.3, -0.25) is 5.10 Å². The minimum atomic E-state index is -1.20. The van der Waals surface area contributed by atoms with Crippen molar-refractivity contribution < 1.29 is 9.90 Å². The number of nitrogens with one attached hydrogen (secondary N) is 1. The normalized spacial score (nSPS) is 10.0. The number of aromatic nitrogens is 3. The molecule has 0 unspecified atom stereocenters. The van der Waals surface area contributed by atoms with Gasteiger partial charge in [-0.15, -0.1) is 0 Å². The Morgan fingerprint density at radius 1 is 1.43 bits per heavy atom. The average molecular weight is 188 g/mol. The fourth-order valence-corrected chi connectivity index (χ4v) is 1.14. The summed E-state index contributed by atoms with van der Waals surface area (Å²) in [6.45, 7) is 0. The summed E-state index contributed by atoms with van der Waals surface area (Å²) >= 11 is 0. The van der Waals surface area contributed by atoms with Crippen LogP contribution < -0.4 is 5.11 Å². The lowest BCUT2D eigenvalue weighted by Gasteiger charge is -2.03. The Hall–Kier alpha value is -2.17. The first-order valence-electron chi connectivity index (χ1n) is 3.94. The predicted octanol–water partition coefficient (Wildman–Crippen LogP) is -0.165. The van der Waals surface area contributed by atoms with Gasteiger partial charge in [0.25, 0.3) is 0 Å². The first-order chi connectivity index (χ1) is 6.77. The third kappa shape index (κ3) is 1.47. The van der Waals surface area contributed by atoms with Crippen molar-refractivity contribution >= 4 is 5.97 Å². The highest BCUT2D eigenvalue weighted by Crippen LogP contribution is 2.14. The molecule has 0 spiro atoms. The average Bonchev–Trinajstić information content (AvgIpc) is 2.71. The molecule has 0 aliphatic rings. The Balaban J connectivity index is 2.46. The van der Waals surface area contributed by atoms with Gasteiger partial charge in [0.15, 0.2) is 5.82 Å². The molecule has 70 valence electrons. The maximum atomic E-state index is 10.6. The third-order valence-electron chi connectivity index (χ3n) is 1.79. The molecule has 0 saturated carbocycles. The van der Waals surface area contributed by atoms with Gasteiger partial charge in [0.05, 0.1) is 5.97 Å². The maximum Gasteiger partial charge on any atom is 0.155 e. The van der Waals surface area contributed by atoms with Crippen LogP contribution in [-0.4, -0.2) is 21.2 Å². The Bertz CT molecular complexity index is 451. The molecule has 0 aliphatic heterocycles. The van der Waals surface area contributed by atoms with Gasteiger partial charge in [-0.25, -0.2) is 4.98 Å². The minimum absolute atomic E-state index is 0.124. The van der Waals surface area contributed by atoms with Crippen molar-refractivity contribution in [3.05, 3.63) is 36.2 Å². The van der Waals surface area contributed by atoms with E-state index >= 15 is 0 Å². The molecular formula is C9H6N3O2-. The largest absolute Gasteiger partial charge is 0.545 e. The smallest absolute Gasteiger partial charge is 0.155 e. The van der Waals surface area contributed by atoms with Crippen LogP contribution in [0.5, 0.6) is 0 Å². The maximum absolute atomic E-state index is 10.6. The van der Waals surface area contributed by atoms with Crippen LogP contribution in [0.15, 0.2) is 30.6 Å². The Kier molecular flexibility index (Phi) is 1.98. The highest BCUT2D eigenvalue weighted by molar-refractivity contribution is 5.87. The highest BCUT2D eigenvalue weighted by Gasteiger charge is 2.01. The zero-order valence-corrected chi connectivity index (χ0v) is 7.10. The number of hydrogen-bond acceptors (Lipinski definition) is 4. The van der Waals surface area contributed by atoms with Crippen molar-refractivity contribution in [3.8, 4) is 11.4 Å². The summed E-state index contributed by atoms with van der Waals surface area (Å²) in [5, 5.41) is 16.9. The minimum Gasteiger partial charge on any atom is -0.545 e. The zero-order valence-electron chi connectivity index (χ0n) is 7.10. The molecule has 0 amide bonds. The third-order valence-corrected chi connectivity index (χ3v) is 1.79. The van der Waals surface area contributed by atoms with Crippen molar-refractivity contribution in [1.82, 2.24) is 15.2 Å². The van der Waals surface area contributed by atoms with E-state index in [1.165, 1.54) is 18.5 Å². The van der Waals surface area contributed by atoms with Crippen LogP contribution in [0.2, 0.25) is 0 Å². The molecule has 0 radical (unpaired) electrons. The zero-order chi connectivity index (χ0) is 9.97. The Morgan fingerprint density at radius 2 is 2.29 bits per heavy atom. The molecule has 1 N–H and O–H groups in total. The molecule has 1 heterocycles. The van der Waals surface area contributed by atoms with Gasteiger partial charge in [-0.05, 0) is 11.6 Å². The second-order valence-corrected chi connectivity index (χ2v) is 2.70. The van der Waals surface area contributed by atoms with E-state index in [2.05, 4.69) is 15.2 Å². The van der Waals surface area contributed by atoms with Crippen molar-refractivity contribution in [3.63, 3.8) is 0 Å². The molecule has 5 heteroatoms. The molecule has 5 nitrogen and oxygen atoms in total. The second-order valence-electron chi connectivity index (χ2n) is 2.70. The quantitative estimate of drug-likeness (QED) is 0.709. The van der Waals surface area contributed by atoms with E-state index in [1.807, 2.05) is 0 Å². The monoisotopic (exact) mass is 188 g/mol. The number of carboxylic acids is 1. The SMILES string of the molecule is O=C([O-])c1cccc(-c2ncn[nH]2)c1. The molecule has 2 rings (SSSR count). The molecular weight excluding hydrogens is 182 g/mol. The standard InChI is InChI=1S/C9H7N3O2/c13-9(14)7-3-1-2-6(4-7)8-10-5-11-12-8/h1-5H,(H,13,14)(H,10,11,12)/p-1. The van der Waals surface area contributed by atoms with E-state index in [9.17, 15) is 9.90 Å². The van der Waals surface area contributed by atoms with Crippen molar-refractivity contribution in [2.24, 2.45) is 0 Å². The van der Waals surface area contributed by atoms with E-state index < -0.39 is 5.97 Å². The number of aromatic amines is 1. The first-order valence-corrected chi connectivity index (χ1v) is 3.94. The molecule has 14 heavy (non-hydrogen) atoms. The summed E-state index contributed by atoms with van der Waals surface area (Å²) in [5.41, 5.74) is 0.795. The van der Waals surface area contributed by atoms with Gasteiger partial charge in [0.1, 0.15) is 6.33 Å². The molecule has 2 aromatic rings. The van der Waals surface area contributed by atoms with Crippen LogP contribution in [0.3, 0.4) is 0 Å². The molecule has 1 aromatic carbocycles. The van der Waals surface area contributed by atoms with E-state index in [4.69, 9.17) is 0 Å². The molecule has 0 bridgehead atoms. The number of hydrogen-bond donors (Lipinski definition) is 1. The van der Waals surface area contributed by atoms with E-state index in [1.54, 1.807) is 12.1 Å². The fraction of sp³-hybridized carbons (Fsp3) is 0. The molecule has 0 atom stereocenters. The number of carboxylic acid groups (broad SMARTS) is 1. The van der Waals surface area contributed by atoms with E-state index in [0.717, 1.165) is 0 Å². The summed E-state index contributed by atoms with van der Waals surface area (Å²) < 4.78 is 0. The van der Waals surface area contributed by atoms with Crippen LogP contribution >= 0.6 is 0 Å². The Morgan fingerprint density at radius 3 is 2.93 bits per heavy atom. The fourth-order valence-electron chi connectivity index (χ4n) is 1.14. The summed E-state index contributed by atoms with van der Waals surface area (Å²) in [4.78, 5) is 14.5. The predicted molar refractivity (Wildman–Crippen MR) is 46.1 cm³/mol. The lowest BCUT2D eigenvalue weighted by molar-refractivity contribution is -0.255. The second kappa shape index (κ2) is 3.29. The van der Waals surface area contributed by atoms with Gasteiger partial charge < -0.3 is 9.90 Å². The number of aromatic carboxylic acids is 1. The number of nitrogens with zero attached hydrogens (tertiary/aromatic N) is 2. The number of carbonyl (C=O) groups excluding carboxylic acids is 1. The van der Waals surface area contributed by atoms with Gasteiger partial charge in [-0.1, -0.05) is 18.2 Å². The molecule has 0 fully saturated rings. The number of rotatable bonds is 2. The van der Waals surface area contributed by atoms with Gasteiger partial charge in [0.2, 0.25) is 0 Å². The van der Waals surface area contributed by atoms with E-state index in [0.29, 0.717) is 11.4 Å². The summed E-state index contributed by atoms with van der Waals surface area (Å²) in [5.74, 6) is -0.667. The van der Waals surface area contributed by atoms with Crippen LogP contribution in [0.25, 0.3) is 11.4 Å². The highest BCUT2D eigenvalue weighted by atomic mass is 16.4. The lowest BCUT2D eigenvalue weighted by atomic mass is 10.1. The lowest BCUT2D eigenvalue weighted by Crippen LogP contribution is -2.22. The Labute approximate surface area is 79.4 Å². The summed E-state index contributed by atoms with van der Waals surface area (Å²) in [7, 11) is 0. The summed E-state index contributed by atoms with van der Waals surface area (Å²) in [6, 6.07) is 6.32. The first kappa shape index (κ1) is 8.43. The molecule has 0 saturated heterocycles. The molecule has 1 aromatic heterocycles. The van der Waals surface area contributed by atoms with Crippen LogP contribution in [0.4, 0.5) is 0 Å². The number of benzene rings is 1. The van der Waals surface area contributed by atoms with Crippen LogP contribution in [-0.2, 0) is 0 Å².